The summed E-state index contributed by atoms with van der Waals surface area (Å²) < 4.78 is 7.20. The Bertz CT molecular complexity index is 1090. The van der Waals surface area contributed by atoms with Crippen LogP contribution in [0.4, 0.5) is 0 Å². The maximum absolute atomic E-state index is 12.7. The van der Waals surface area contributed by atoms with Crippen molar-refractivity contribution in [1.29, 1.82) is 0 Å². The molecule has 0 aliphatic heterocycles. The van der Waals surface area contributed by atoms with Crippen molar-refractivity contribution in [3.8, 4) is 5.75 Å². The lowest BCUT2D eigenvalue weighted by molar-refractivity contribution is -0.121. The molecule has 2 heterocycles. The minimum Gasteiger partial charge on any atom is -0.492 e. The molecule has 30 heavy (non-hydrogen) atoms. The van der Waals surface area contributed by atoms with Crippen LogP contribution in [0.25, 0.3) is 10.2 Å². The van der Waals surface area contributed by atoms with E-state index in [2.05, 4.69) is 43.2 Å². The molecule has 0 atom stereocenters. The molecule has 160 valence electrons. The Morgan fingerprint density at radius 2 is 1.90 bits per heavy atom. The van der Waals surface area contributed by atoms with Crippen LogP contribution >= 0.6 is 11.3 Å². The number of nitrogens with one attached hydrogen (secondary N) is 1. The minimum absolute atomic E-state index is 0.0864. The van der Waals surface area contributed by atoms with E-state index in [1.807, 2.05) is 26.0 Å². The highest BCUT2D eigenvalue weighted by atomic mass is 32.1. The summed E-state index contributed by atoms with van der Waals surface area (Å²) in [7, 11) is 0. The van der Waals surface area contributed by atoms with Gasteiger partial charge in [-0.1, -0.05) is 32.9 Å². The average molecular weight is 428 g/mol. The molecule has 0 saturated carbocycles. The molecule has 0 bridgehead atoms. The predicted molar refractivity (Wildman–Crippen MR) is 122 cm³/mol. The zero-order chi connectivity index (χ0) is 21.9. The quantitative estimate of drug-likeness (QED) is 0.579. The Balaban J connectivity index is 1.45. The van der Waals surface area contributed by atoms with Crippen molar-refractivity contribution in [2.24, 2.45) is 0 Å². The van der Waals surface area contributed by atoms with Gasteiger partial charge in [-0.3, -0.25) is 14.2 Å². The van der Waals surface area contributed by atoms with Crippen molar-refractivity contribution < 1.29 is 9.53 Å². The van der Waals surface area contributed by atoms with Gasteiger partial charge in [0.15, 0.2) is 0 Å². The van der Waals surface area contributed by atoms with E-state index in [9.17, 15) is 9.59 Å². The van der Waals surface area contributed by atoms with Gasteiger partial charge in [-0.25, -0.2) is 4.98 Å². The number of ether oxygens (including phenoxy) is 1. The van der Waals surface area contributed by atoms with E-state index in [0.717, 1.165) is 21.0 Å². The number of aromatic nitrogens is 2. The van der Waals surface area contributed by atoms with E-state index in [0.29, 0.717) is 25.1 Å². The van der Waals surface area contributed by atoms with Gasteiger partial charge in [-0.15, -0.1) is 11.3 Å². The minimum atomic E-state index is -0.119. The van der Waals surface area contributed by atoms with E-state index in [1.165, 1.54) is 27.8 Å². The summed E-state index contributed by atoms with van der Waals surface area (Å²) in [5, 5.41) is 3.49. The topological polar surface area (TPSA) is 73.2 Å². The molecular weight excluding hydrogens is 398 g/mol. The molecule has 1 aromatic carbocycles. The van der Waals surface area contributed by atoms with Crippen molar-refractivity contribution in [2.75, 3.05) is 13.2 Å². The third kappa shape index (κ3) is 5.08. The highest BCUT2D eigenvalue weighted by Gasteiger charge is 2.14. The first kappa shape index (κ1) is 22.0. The fourth-order valence-corrected chi connectivity index (χ4v) is 4.14. The molecule has 6 nitrogen and oxygen atoms in total. The number of hydrogen-bond acceptors (Lipinski definition) is 5. The zero-order valence-corrected chi connectivity index (χ0v) is 19.1. The number of carbonyl (C=O) groups is 1. The lowest BCUT2D eigenvalue weighted by Gasteiger charge is -2.19. The summed E-state index contributed by atoms with van der Waals surface area (Å²) in [6.45, 7) is 11.5. The van der Waals surface area contributed by atoms with E-state index in [4.69, 9.17) is 4.74 Å². The number of aryl methyl sites for hydroxylation is 3. The molecule has 0 unspecified atom stereocenters. The number of thiophene rings is 1. The first-order valence-corrected chi connectivity index (χ1v) is 10.9. The van der Waals surface area contributed by atoms with Crippen molar-refractivity contribution in [2.45, 2.75) is 53.0 Å². The van der Waals surface area contributed by atoms with Crippen molar-refractivity contribution >= 4 is 27.5 Å². The third-order valence-electron chi connectivity index (χ3n) is 5.15. The average Bonchev–Trinajstić information content (AvgIpc) is 2.99. The second kappa shape index (κ2) is 9.00. The second-order valence-corrected chi connectivity index (χ2v) is 9.63. The molecule has 7 heteroatoms. The number of carbonyl (C=O) groups excluding carboxylic acids is 1. The molecule has 0 aliphatic rings. The molecule has 0 radical (unpaired) electrons. The second-order valence-electron chi connectivity index (χ2n) is 8.43. The van der Waals surface area contributed by atoms with Crippen LogP contribution in [0.1, 0.15) is 43.2 Å². The fraction of sp³-hybridized carbons (Fsp3) is 0.435. The summed E-state index contributed by atoms with van der Waals surface area (Å²) in [4.78, 5) is 31.0. The monoisotopic (exact) mass is 427 g/mol. The van der Waals surface area contributed by atoms with Crippen LogP contribution < -0.4 is 15.6 Å². The van der Waals surface area contributed by atoms with E-state index in [-0.39, 0.29) is 23.3 Å². The lowest BCUT2D eigenvalue weighted by atomic mass is 9.87. The molecule has 3 rings (SSSR count). The Kier molecular flexibility index (Phi) is 6.61. The van der Waals surface area contributed by atoms with E-state index >= 15 is 0 Å². The van der Waals surface area contributed by atoms with E-state index < -0.39 is 0 Å². The largest absolute Gasteiger partial charge is 0.492 e. The molecular formula is C23H29N3O3S. The first-order chi connectivity index (χ1) is 14.2. The summed E-state index contributed by atoms with van der Waals surface area (Å²) >= 11 is 1.52. The fourth-order valence-electron chi connectivity index (χ4n) is 3.15. The molecule has 0 fully saturated rings. The van der Waals surface area contributed by atoms with Crippen LogP contribution in [0.3, 0.4) is 0 Å². The number of amides is 1. The van der Waals surface area contributed by atoms with Gasteiger partial charge in [0.05, 0.1) is 18.3 Å². The summed E-state index contributed by atoms with van der Waals surface area (Å²) in [6.07, 6.45) is 1.74. The van der Waals surface area contributed by atoms with Gasteiger partial charge in [-0.05, 0) is 42.5 Å². The smallest absolute Gasteiger partial charge is 0.262 e. The van der Waals surface area contributed by atoms with Gasteiger partial charge < -0.3 is 10.1 Å². The van der Waals surface area contributed by atoms with Gasteiger partial charge in [0.1, 0.15) is 17.2 Å². The Morgan fingerprint density at radius 1 is 1.20 bits per heavy atom. The molecule has 1 N–H and O–H groups in total. The van der Waals surface area contributed by atoms with Crippen molar-refractivity contribution in [1.82, 2.24) is 14.9 Å². The summed E-state index contributed by atoms with van der Waals surface area (Å²) in [5.41, 5.74) is 2.24. The standard InChI is InChI=1S/C23H29N3O3S/c1-15-16(2)30-21-20(15)22(28)26(14-25-21)12-10-19(27)24-11-13-29-18-8-6-17(7-9-18)23(3,4)5/h6-9,14H,10-13H2,1-5H3,(H,24,27). The van der Waals surface area contributed by atoms with Crippen molar-refractivity contribution in [3.63, 3.8) is 0 Å². The first-order valence-electron chi connectivity index (χ1n) is 10.1. The van der Waals surface area contributed by atoms with Gasteiger partial charge in [-0.2, -0.15) is 0 Å². The van der Waals surface area contributed by atoms with E-state index in [1.54, 1.807) is 0 Å². The van der Waals surface area contributed by atoms with Gasteiger partial charge in [0.2, 0.25) is 5.91 Å². The van der Waals surface area contributed by atoms with Crippen LogP contribution in [0.2, 0.25) is 0 Å². The Morgan fingerprint density at radius 3 is 2.57 bits per heavy atom. The zero-order valence-electron chi connectivity index (χ0n) is 18.2. The third-order valence-corrected chi connectivity index (χ3v) is 6.26. The maximum Gasteiger partial charge on any atom is 0.262 e. The van der Waals surface area contributed by atoms with Crippen LogP contribution in [0.5, 0.6) is 5.75 Å². The van der Waals surface area contributed by atoms with Gasteiger partial charge >= 0.3 is 0 Å². The number of nitrogens with zero attached hydrogens (tertiary/aromatic N) is 2. The predicted octanol–water partition coefficient (Wildman–Crippen LogP) is 3.96. The molecule has 3 aromatic rings. The molecule has 0 saturated heterocycles. The van der Waals surface area contributed by atoms with Crippen LogP contribution in [0.15, 0.2) is 35.4 Å². The van der Waals surface area contributed by atoms with Gasteiger partial charge in [0.25, 0.3) is 5.56 Å². The Hall–Kier alpha value is -2.67. The highest BCUT2D eigenvalue weighted by molar-refractivity contribution is 7.18. The normalized spacial score (nSPS) is 11.6. The van der Waals surface area contributed by atoms with Gasteiger partial charge in [0, 0.05) is 17.8 Å². The molecule has 0 spiro atoms. The van der Waals surface area contributed by atoms with Crippen LogP contribution in [-0.4, -0.2) is 28.6 Å². The molecule has 2 aromatic heterocycles. The Labute approximate surface area is 180 Å². The number of fused-ring (bicyclic) bond motifs is 1. The summed E-state index contributed by atoms with van der Waals surface area (Å²) in [6, 6.07) is 8.03. The van der Waals surface area contributed by atoms with Crippen LogP contribution in [0, 0.1) is 13.8 Å². The maximum atomic E-state index is 12.7. The number of benzene rings is 1. The van der Waals surface area contributed by atoms with Crippen LogP contribution in [-0.2, 0) is 16.8 Å². The SMILES string of the molecule is Cc1sc2ncn(CCC(=O)NCCOc3ccc(C(C)(C)C)cc3)c(=O)c2c1C. The highest BCUT2D eigenvalue weighted by Crippen LogP contribution is 2.25. The number of hydrogen-bond donors (Lipinski definition) is 1. The molecule has 1 amide bonds. The number of rotatable bonds is 7. The van der Waals surface area contributed by atoms with Crippen molar-refractivity contribution in [3.05, 3.63) is 57.0 Å². The lowest BCUT2D eigenvalue weighted by Crippen LogP contribution is -2.30. The molecule has 0 aliphatic carbocycles. The summed E-state index contributed by atoms with van der Waals surface area (Å²) in [5.74, 6) is 0.663.